The first-order chi connectivity index (χ1) is 8.25. The summed E-state index contributed by atoms with van der Waals surface area (Å²) in [6, 6.07) is 4.43. The van der Waals surface area contributed by atoms with Crippen molar-refractivity contribution in [1.82, 2.24) is 9.55 Å². The largest absolute Gasteiger partial charge is 0.493 e. The lowest BCUT2D eigenvalue weighted by Gasteiger charge is -2.07. The third kappa shape index (κ3) is 3.46. The van der Waals surface area contributed by atoms with Gasteiger partial charge in [0.15, 0.2) is 0 Å². The molecule has 0 radical (unpaired) electrons. The molecular formula is C12H12ClFN2O. The quantitative estimate of drug-likeness (QED) is 0.767. The summed E-state index contributed by atoms with van der Waals surface area (Å²) in [4.78, 5) is 3.94. The van der Waals surface area contributed by atoms with Gasteiger partial charge in [-0.05, 0) is 18.6 Å². The van der Waals surface area contributed by atoms with Crippen LogP contribution in [0.25, 0.3) is 0 Å². The molecule has 0 bridgehead atoms. The SMILES string of the molecule is Fc1cc(OCCCn2ccnc2)ccc1Cl. The summed E-state index contributed by atoms with van der Waals surface area (Å²) in [5.41, 5.74) is 0. The van der Waals surface area contributed by atoms with Crippen molar-refractivity contribution in [2.45, 2.75) is 13.0 Å². The molecule has 1 aromatic heterocycles. The molecule has 0 amide bonds. The van der Waals surface area contributed by atoms with Crippen LogP contribution in [0.5, 0.6) is 5.75 Å². The summed E-state index contributed by atoms with van der Waals surface area (Å²) >= 11 is 5.57. The van der Waals surface area contributed by atoms with Crippen LogP contribution in [-0.2, 0) is 6.54 Å². The maximum Gasteiger partial charge on any atom is 0.145 e. The summed E-state index contributed by atoms with van der Waals surface area (Å²) in [5.74, 6) is 0.0382. The van der Waals surface area contributed by atoms with Gasteiger partial charge in [-0.1, -0.05) is 11.6 Å². The van der Waals surface area contributed by atoms with Gasteiger partial charge in [0.2, 0.25) is 0 Å². The third-order valence-electron chi connectivity index (χ3n) is 2.28. The van der Waals surface area contributed by atoms with Crippen molar-refractivity contribution < 1.29 is 9.13 Å². The first-order valence-electron chi connectivity index (χ1n) is 5.29. The maximum absolute atomic E-state index is 13.1. The molecule has 0 fully saturated rings. The minimum absolute atomic E-state index is 0.107. The molecule has 3 nitrogen and oxygen atoms in total. The lowest BCUT2D eigenvalue weighted by atomic mass is 10.3. The number of aryl methyl sites for hydroxylation is 1. The molecule has 0 aliphatic heterocycles. The van der Waals surface area contributed by atoms with E-state index in [9.17, 15) is 4.39 Å². The molecule has 17 heavy (non-hydrogen) atoms. The molecule has 0 N–H and O–H groups in total. The van der Waals surface area contributed by atoms with Crippen molar-refractivity contribution in [1.29, 1.82) is 0 Å². The number of hydrogen-bond donors (Lipinski definition) is 0. The fourth-order valence-electron chi connectivity index (χ4n) is 1.42. The number of benzene rings is 1. The van der Waals surface area contributed by atoms with Gasteiger partial charge in [-0.3, -0.25) is 0 Å². The fraction of sp³-hybridized carbons (Fsp3) is 0.250. The first-order valence-corrected chi connectivity index (χ1v) is 5.67. The highest BCUT2D eigenvalue weighted by Gasteiger charge is 2.01. The topological polar surface area (TPSA) is 27.1 Å². The van der Waals surface area contributed by atoms with E-state index in [1.165, 1.54) is 12.1 Å². The minimum Gasteiger partial charge on any atom is -0.493 e. The highest BCUT2D eigenvalue weighted by molar-refractivity contribution is 6.30. The molecule has 0 atom stereocenters. The Kier molecular flexibility index (Phi) is 3.98. The summed E-state index contributed by atoms with van der Waals surface area (Å²) in [6.45, 7) is 1.36. The minimum atomic E-state index is -0.459. The Balaban J connectivity index is 1.76. The third-order valence-corrected chi connectivity index (χ3v) is 2.59. The Bertz CT molecular complexity index is 473. The van der Waals surface area contributed by atoms with Gasteiger partial charge in [0.05, 0.1) is 18.0 Å². The number of ether oxygens (including phenoxy) is 1. The molecule has 1 aromatic carbocycles. The number of imidazole rings is 1. The second-order valence-corrected chi connectivity index (χ2v) is 3.99. The zero-order chi connectivity index (χ0) is 12.1. The molecule has 1 heterocycles. The molecular weight excluding hydrogens is 243 g/mol. The predicted molar refractivity (Wildman–Crippen MR) is 63.7 cm³/mol. The van der Waals surface area contributed by atoms with E-state index in [4.69, 9.17) is 16.3 Å². The van der Waals surface area contributed by atoms with E-state index in [0.717, 1.165) is 13.0 Å². The average Bonchev–Trinajstić information content (AvgIpc) is 2.82. The molecule has 0 saturated heterocycles. The van der Waals surface area contributed by atoms with Crippen LogP contribution < -0.4 is 4.74 Å². The van der Waals surface area contributed by atoms with Crippen molar-refractivity contribution in [3.05, 3.63) is 47.8 Å². The second kappa shape index (κ2) is 5.68. The number of nitrogens with zero attached hydrogens (tertiary/aromatic N) is 2. The van der Waals surface area contributed by atoms with E-state index in [2.05, 4.69) is 4.98 Å². The summed E-state index contributed by atoms with van der Waals surface area (Å²) < 4.78 is 20.5. The van der Waals surface area contributed by atoms with E-state index in [-0.39, 0.29) is 5.02 Å². The van der Waals surface area contributed by atoms with Crippen LogP contribution >= 0.6 is 11.6 Å². The Morgan fingerprint density at radius 3 is 3.00 bits per heavy atom. The average molecular weight is 255 g/mol. The Morgan fingerprint density at radius 2 is 2.29 bits per heavy atom. The molecule has 2 aromatic rings. The number of halogens is 2. The van der Waals surface area contributed by atoms with Gasteiger partial charge < -0.3 is 9.30 Å². The van der Waals surface area contributed by atoms with Crippen LogP contribution in [0.2, 0.25) is 5.02 Å². The van der Waals surface area contributed by atoms with Crippen LogP contribution in [0.15, 0.2) is 36.9 Å². The Hall–Kier alpha value is -1.55. The molecule has 5 heteroatoms. The molecule has 0 saturated carbocycles. The molecule has 2 rings (SSSR count). The van der Waals surface area contributed by atoms with Crippen molar-refractivity contribution in [3.63, 3.8) is 0 Å². The van der Waals surface area contributed by atoms with Crippen LogP contribution in [0.3, 0.4) is 0 Å². The molecule has 0 unspecified atom stereocenters. The highest BCUT2D eigenvalue weighted by Crippen LogP contribution is 2.20. The highest BCUT2D eigenvalue weighted by atomic mass is 35.5. The van der Waals surface area contributed by atoms with Crippen molar-refractivity contribution >= 4 is 11.6 Å². The van der Waals surface area contributed by atoms with Gasteiger partial charge in [-0.25, -0.2) is 9.37 Å². The number of aromatic nitrogens is 2. The monoisotopic (exact) mass is 254 g/mol. The summed E-state index contributed by atoms with van der Waals surface area (Å²) in [6.07, 6.45) is 6.21. The molecule has 0 spiro atoms. The standard InChI is InChI=1S/C12H12ClFN2O/c13-11-3-2-10(8-12(11)14)17-7-1-5-16-6-4-15-9-16/h2-4,6,8-9H,1,5,7H2. The Labute approximate surface area is 104 Å². The number of rotatable bonds is 5. The van der Waals surface area contributed by atoms with E-state index in [1.54, 1.807) is 18.6 Å². The van der Waals surface area contributed by atoms with Gasteiger partial charge in [0.1, 0.15) is 11.6 Å². The summed E-state index contributed by atoms with van der Waals surface area (Å²) in [7, 11) is 0. The van der Waals surface area contributed by atoms with E-state index >= 15 is 0 Å². The van der Waals surface area contributed by atoms with Crippen molar-refractivity contribution in [3.8, 4) is 5.75 Å². The first kappa shape index (κ1) is 11.9. The lowest BCUT2D eigenvalue weighted by molar-refractivity contribution is 0.300. The smallest absolute Gasteiger partial charge is 0.145 e. The molecule has 90 valence electrons. The van der Waals surface area contributed by atoms with Crippen molar-refractivity contribution in [2.24, 2.45) is 0 Å². The van der Waals surface area contributed by atoms with E-state index < -0.39 is 5.82 Å². The van der Waals surface area contributed by atoms with Gasteiger partial charge in [-0.2, -0.15) is 0 Å². The van der Waals surface area contributed by atoms with Gasteiger partial charge in [0.25, 0.3) is 0 Å². The van der Waals surface area contributed by atoms with Gasteiger partial charge in [0, 0.05) is 25.0 Å². The molecule has 0 aliphatic carbocycles. The van der Waals surface area contributed by atoms with Crippen LogP contribution in [0.4, 0.5) is 4.39 Å². The zero-order valence-corrected chi connectivity index (χ0v) is 9.90. The Morgan fingerprint density at radius 1 is 1.41 bits per heavy atom. The van der Waals surface area contributed by atoms with Crippen LogP contribution in [0.1, 0.15) is 6.42 Å². The van der Waals surface area contributed by atoms with Crippen LogP contribution in [0, 0.1) is 5.82 Å². The van der Waals surface area contributed by atoms with Gasteiger partial charge in [-0.15, -0.1) is 0 Å². The maximum atomic E-state index is 13.1. The normalized spacial score (nSPS) is 10.5. The second-order valence-electron chi connectivity index (χ2n) is 3.58. The lowest BCUT2D eigenvalue weighted by Crippen LogP contribution is -2.03. The van der Waals surface area contributed by atoms with Gasteiger partial charge >= 0.3 is 0 Å². The van der Waals surface area contributed by atoms with Crippen LogP contribution in [-0.4, -0.2) is 16.2 Å². The van der Waals surface area contributed by atoms with E-state index in [1.807, 2.05) is 10.8 Å². The predicted octanol–water partition coefficient (Wildman–Crippen LogP) is 3.14. The van der Waals surface area contributed by atoms with E-state index in [0.29, 0.717) is 12.4 Å². The van der Waals surface area contributed by atoms with Crippen molar-refractivity contribution in [2.75, 3.05) is 6.61 Å². The fourth-order valence-corrected chi connectivity index (χ4v) is 1.54. The summed E-state index contributed by atoms with van der Waals surface area (Å²) in [5, 5.41) is 0.107. The number of hydrogen-bond acceptors (Lipinski definition) is 2. The molecule has 0 aliphatic rings. The zero-order valence-electron chi connectivity index (χ0n) is 9.14.